The molecule has 0 bridgehead atoms. The lowest BCUT2D eigenvalue weighted by molar-refractivity contribution is -0.131. The number of hydrogen-bond acceptors (Lipinski definition) is 3. The van der Waals surface area contributed by atoms with E-state index in [1.54, 1.807) is 6.08 Å². The van der Waals surface area contributed by atoms with E-state index >= 15 is 0 Å². The van der Waals surface area contributed by atoms with E-state index in [1.165, 1.54) is 5.56 Å². The molecule has 0 aromatic heterocycles. The van der Waals surface area contributed by atoms with Gasteiger partial charge in [-0.05, 0) is 36.6 Å². The number of hydrogen-bond donors (Lipinski definition) is 1. The van der Waals surface area contributed by atoms with E-state index in [0.29, 0.717) is 12.5 Å². The summed E-state index contributed by atoms with van der Waals surface area (Å²) in [6.07, 6.45) is 5.58. The second-order valence-electron chi connectivity index (χ2n) is 4.94. The molecule has 4 nitrogen and oxygen atoms in total. The maximum Gasteiger partial charge on any atom is 0.328 e. The molecule has 1 N–H and O–H groups in total. The lowest BCUT2D eigenvalue weighted by atomic mass is 10.0. The van der Waals surface area contributed by atoms with Crippen LogP contribution in [-0.4, -0.2) is 29.1 Å². The zero-order valence-electron chi connectivity index (χ0n) is 11.3. The Labute approximate surface area is 118 Å². The normalized spacial score (nSPS) is 19.2. The zero-order valence-corrected chi connectivity index (χ0v) is 11.3. The second kappa shape index (κ2) is 6.88. The van der Waals surface area contributed by atoms with Crippen LogP contribution in [0.15, 0.2) is 30.3 Å². The maximum absolute atomic E-state index is 10.5. The van der Waals surface area contributed by atoms with Crippen LogP contribution >= 0.6 is 0 Å². The van der Waals surface area contributed by atoms with Crippen LogP contribution in [-0.2, 0) is 4.79 Å². The molecule has 20 heavy (non-hydrogen) atoms. The van der Waals surface area contributed by atoms with Crippen molar-refractivity contribution in [3.05, 3.63) is 41.5 Å². The van der Waals surface area contributed by atoms with E-state index in [-0.39, 0.29) is 0 Å². The molecule has 0 radical (unpaired) electrons. The molecule has 4 heteroatoms. The smallest absolute Gasteiger partial charge is 0.328 e. The van der Waals surface area contributed by atoms with E-state index in [2.05, 4.69) is 23.1 Å². The van der Waals surface area contributed by atoms with Crippen molar-refractivity contribution in [2.45, 2.75) is 25.3 Å². The summed E-state index contributed by atoms with van der Waals surface area (Å²) in [4.78, 5) is 12.8. The molecule has 1 saturated heterocycles. The summed E-state index contributed by atoms with van der Waals surface area (Å²) >= 11 is 0. The molecular formula is C16H18N2O2. The summed E-state index contributed by atoms with van der Waals surface area (Å²) in [6, 6.07) is 10.6. The van der Waals surface area contributed by atoms with Crippen molar-refractivity contribution in [1.82, 2.24) is 4.90 Å². The van der Waals surface area contributed by atoms with Gasteiger partial charge in [0.15, 0.2) is 0 Å². The van der Waals surface area contributed by atoms with Gasteiger partial charge in [0.2, 0.25) is 0 Å². The van der Waals surface area contributed by atoms with Crippen molar-refractivity contribution in [2.24, 2.45) is 0 Å². The molecule has 1 aromatic carbocycles. The predicted molar refractivity (Wildman–Crippen MR) is 76.9 cm³/mol. The van der Waals surface area contributed by atoms with E-state index in [1.807, 2.05) is 12.1 Å². The molecule has 0 saturated carbocycles. The van der Waals surface area contributed by atoms with Crippen molar-refractivity contribution >= 4 is 12.0 Å². The van der Waals surface area contributed by atoms with Crippen LogP contribution in [0.25, 0.3) is 6.08 Å². The Bertz CT molecular complexity index is 528. The van der Waals surface area contributed by atoms with Crippen molar-refractivity contribution in [3.63, 3.8) is 0 Å². The number of benzene rings is 1. The third-order valence-electron chi connectivity index (χ3n) is 3.61. The number of aliphatic carboxylic acids is 1. The molecule has 0 amide bonds. The van der Waals surface area contributed by atoms with E-state index in [0.717, 1.165) is 37.6 Å². The Morgan fingerprint density at radius 1 is 1.45 bits per heavy atom. The lowest BCUT2D eigenvalue weighted by Crippen LogP contribution is -2.24. The van der Waals surface area contributed by atoms with Crippen LogP contribution < -0.4 is 0 Å². The monoisotopic (exact) mass is 270 g/mol. The fourth-order valence-electron chi connectivity index (χ4n) is 2.66. The van der Waals surface area contributed by atoms with E-state index < -0.39 is 5.97 Å². The minimum Gasteiger partial charge on any atom is -0.478 e. The summed E-state index contributed by atoms with van der Waals surface area (Å²) in [5.41, 5.74) is 2.13. The lowest BCUT2D eigenvalue weighted by Gasteiger charge is -2.23. The summed E-state index contributed by atoms with van der Waals surface area (Å²) in [7, 11) is 0. The molecular weight excluding hydrogens is 252 g/mol. The van der Waals surface area contributed by atoms with Gasteiger partial charge in [-0.2, -0.15) is 5.26 Å². The van der Waals surface area contributed by atoms with Crippen molar-refractivity contribution in [2.75, 3.05) is 13.1 Å². The zero-order chi connectivity index (χ0) is 14.4. The van der Waals surface area contributed by atoms with Gasteiger partial charge in [0.1, 0.15) is 0 Å². The molecule has 1 aliphatic rings. The van der Waals surface area contributed by atoms with Gasteiger partial charge in [0.25, 0.3) is 0 Å². The van der Waals surface area contributed by atoms with Gasteiger partial charge in [-0.25, -0.2) is 4.79 Å². The Hall–Kier alpha value is -2.12. The van der Waals surface area contributed by atoms with Crippen LogP contribution in [0.3, 0.4) is 0 Å². The summed E-state index contributed by atoms with van der Waals surface area (Å²) < 4.78 is 0. The minimum absolute atomic E-state index is 0.390. The Morgan fingerprint density at radius 3 is 2.85 bits per heavy atom. The van der Waals surface area contributed by atoms with Crippen LogP contribution in [0.4, 0.5) is 0 Å². The summed E-state index contributed by atoms with van der Waals surface area (Å²) in [5.74, 6) is -0.937. The standard InChI is InChI=1S/C16H18N2O2/c17-10-2-12-18-11-1-3-15(18)14-7-4-13(5-8-14)6-9-16(19)20/h4-9,15H,1-3,11-12H2,(H,19,20)/b9-6+. The molecule has 1 heterocycles. The third-order valence-corrected chi connectivity index (χ3v) is 3.61. The molecule has 1 unspecified atom stereocenters. The highest BCUT2D eigenvalue weighted by Crippen LogP contribution is 2.31. The number of carboxylic acids is 1. The molecule has 1 aromatic rings. The van der Waals surface area contributed by atoms with Gasteiger partial charge in [-0.15, -0.1) is 0 Å². The average molecular weight is 270 g/mol. The summed E-state index contributed by atoms with van der Waals surface area (Å²) in [5, 5.41) is 17.3. The van der Waals surface area contributed by atoms with Gasteiger partial charge in [-0.1, -0.05) is 24.3 Å². The molecule has 0 aliphatic carbocycles. The van der Waals surface area contributed by atoms with Gasteiger partial charge < -0.3 is 5.11 Å². The molecule has 104 valence electrons. The highest BCUT2D eigenvalue weighted by atomic mass is 16.4. The molecule has 2 rings (SSSR count). The highest BCUT2D eigenvalue weighted by molar-refractivity contribution is 5.85. The Balaban J connectivity index is 2.05. The van der Waals surface area contributed by atoms with E-state index in [9.17, 15) is 4.79 Å². The number of nitrogens with zero attached hydrogens (tertiary/aromatic N) is 2. The van der Waals surface area contributed by atoms with Gasteiger partial charge in [-0.3, -0.25) is 4.90 Å². The Morgan fingerprint density at radius 2 is 2.20 bits per heavy atom. The fourth-order valence-corrected chi connectivity index (χ4v) is 2.66. The van der Waals surface area contributed by atoms with Crippen LogP contribution in [0.5, 0.6) is 0 Å². The first kappa shape index (κ1) is 14.3. The SMILES string of the molecule is N#CCCN1CCCC1c1ccc(/C=C/C(=O)O)cc1. The number of nitriles is 1. The van der Waals surface area contributed by atoms with Crippen LogP contribution in [0.1, 0.15) is 36.4 Å². The van der Waals surface area contributed by atoms with E-state index in [4.69, 9.17) is 10.4 Å². The molecule has 1 aliphatic heterocycles. The van der Waals surface area contributed by atoms with Crippen molar-refractivity contribution in [1.29, 1.82) is 5.26 Å². The first-order chi connectivity index (χ1) is 9.70. The van der Waals surface area contributed by atoms with Gasteiger partial charge >= 0.3 is 5.97 Å². The van der Waals surface area contributed by atoms with Crippen LogP contribution in [0, 0.1) is 11.3 Å². The average Bonchev–Trinajstić information content (AvgIpc) is 2.91. The number of carboxylic acid groups (broad SMARTS) is 1. The fraction of sp³-hybridized carbons (Fsp3) is 0.375. The van der Waals surface area contributed by atoms with Crippen molar-refractivity contribution in [3.8, 4) is 6.07 Å². The second-order valence-corrected chi connectivity index (χ2v) is 4.94. The molecule has 1 fully saturated rings. The van der Waals surface area contributed by atoms with Crippen molar-refractivity contribution < 1.29 is 9.90 Å². The van der Waals surface area contributed by atoms with Gasteiger partial charge in [0, 0.05) is 25.1 Å². The maximum atomic E-state index is 10.5. The minimum atomic E-state index is -0.937. The molecule has 1 atom stereocenters. The topological polar surface area (TPSA) is 64.3 Å². The van der Waals surface area contributed by atoms with Gasteiger partial charge in [0.05, 0.1) is 6.07 Å². The summed E-state index contributed by atoms with van der Waals surface area (Å²) in [6.45, 7) is 1.87. The quantitative estimate of drug-likeness (QED) is 0.836. The number of carbonyl (C=O) groups is 1. The number of rotatable bonds is 5. The highest BCUT2D eigenvalue weighted by Gasteiger charge is 2.25. The molecule has 0 spiro atoms. The third kappa shape index (κ3) is 3.69. The Kier molecular flexibility index (Phi) is 4.91. The largest absolute Gasteiger partial charge is 0.478 e. The number of likely N-dealkylation sites (tertiary alicyclic amines) is 1. The first-order valence-electron chi connectivity index (χ1n) is 6.82. The predicted octanol–water partition coefficient (Wildman–Crippen LogP) is 2.83. The van der Waals surface area contributed by atoms with Crippen LogP contribution in [0.2, 0.25) is 0 Å². The first-order valence-corrected chi connectivity index (χ1v) is 6.82.